The van der Waals surface area contributed by atoms with Crippen LogP contribution in [0.5, 0.6) is 0 Å². The largest absolute Gasteiger partial charge is 0.338 e. The highest BCUT2D eigenvalue weighted by atomic mass is 32.2. The lowest BCUT2D eigenvalue weighted by atomic mass is 10.1. The Morgan fingerprint density at radius 2 is 2.16 bits per heavy atom. The summed E-state index contributed by atoms with van der Waals surface area (Å²) in [5.41, 5.74) is 0. The molecule has 0 radical (unpaired) electrons. The van der Waals surface area contributed by atoms with E-state index in [4.69, 9.17) is 0 Å². The summed E-state index contributed by atoms with van der Waals surface area (Å²) < 4.78 is 23.0. The van der Waals surface area contributed by atoms with E-state index in [1.54, 1.807) is 16.7 Å². The average molecular weight is 306 g/mol. The molecule has 2 rings (SSSR count). The lowest BCUT2D eigenvalue weighted by Crippen LogP contribution is -2.44. The zero-order valence-corrected chi connectivity index (χ0v) is 12.9. The van der Waals surface area contributed by atoms with Crippen molar-refractivity contribution in [2.45, 2.75) is 19.4 Å². The van der Waals surface area contributed by atoms with E-state index in [2.05, 4.69) is 5.32 Å². The average Bonchev–Trinajstić information content (AvgIpc) is 2.63. The summed E-state index contributed by atoms with van der Waals surface area (Å²) in [5, 5.41) is 3.21. The van der Waals surface area contributed by atoms with Crippen LogP contribution in [-0.4, -0.2) is 67.9 Å². The third-order valence-electron chi connectivity index (χ3n) is 3.76. The van der Waals surface area contributed by atoms with E-state index in [9.17, 15) is 13.2 Å². The first-order valence-electron chi connectivity index (χ1n) is 6.80. The maximum absolute atomic E-state index is 12.2. The monoisotopic (exact) mass is 306 g/mol. The number of hydrogen-bond acceptors (Lipinski definition) is 5. The molecule has 1 atom stereocenters. The van der Waals surface area contributed by atoms with Crippen LogP contribution in [0.25, 0.3) is 0 Å². The number of carbonyl (C=O) groups is 1. The summed E-state index contributed by atoms with van der Waals surface area (Å²) in [6, 6.07) is -0.103. The third kappa shape index (κ3) is 4.10. The Labute approximate surface area is 119 Å². The molecule has 0 bridgehead atoms. The van der Waals surface area contributed by atoms with Gasteiger partial charge in [-0.3, -0.25) is 4.79 Å². The van der Waals surface area contributed by atoms with E-state index in [1.807, 2.05) is 6.92 Å². The summed E-state index contributed by atoms with van der Waals surface area (Å²) >= 11 is 1.67. The molecule has 0 aromatic rings. The van der Waals surface area contributed by atoms with Crippen LogP contribution in [0.3, 0.4) is 0 Å². The van der Waals surface area contributed by atoms with E-state index in [0.717, 1.165) is 18.8 Å². The Morgan fingerprint density at radius 3 is 2.63 bits per heavy atom. The van der Waals surface area contributed by atoms with Gasteiger partial charge in [0.25, 0.3) is 0 Å². The first-order valence-corrected chi connectivity index (χ1v) is 9.78. The van der Waals surface area contributed by atoms with Gasteiger partial charge < -0.3 is 10.2 Å². The Hall–Kier alpha value is -0.270. The fourth-order valence-electron chi connectivity index (χ4n) is 2.52. The molecule has 2 fully saturated rings. The third-order valence-corrected chi connectivity index (χ3v) is 6.66. The number of rotatable bonds is 6. The van der Waals surface area contributed by atoms with Crippen molar-refractivity contribution in [2.75, 3.05) is 42.6 Å². The molecule has 1 N–H and O–H groups in total. The van der Waals surface area contributed by atoms with Gasteiger partial charge in [0, 0.05) is 12.6 Å². The Bertz CT molecular complexity index is 421. The molecular weight excluding hydrogens is 284 g/mol. The van der Waals surface area contributed by atoms with Gasteiger partial charge in [-0.1, -0.05) is 0 Å². The van der Waals surface area contributed by atoms with Gasteiger partial charge >= 0.3 is 0 Å². The molecule has 2 saturated heterocycles. The SMILES string of the molecule is CCN(C(=O)CSCC1CNC1)C1CCS(=O)(=O)C1. The fraction of sp³-hybridized carbons (Fsp3) is 0.917. The standard InChI is InChI=1S/C12H22N2O3S2/c1-2-14(11-3-4-19(16,17)9-11)12(15)8-18-7-10-5-13-6-10/h10-11,13H,2-9H2,1H3. The number of carbonyl (C=O) groups excluding carboxylic acids is 1. The van der Waals surface area contributed by atoms with Crippen molar-refractivity contribution in [3.63, 3.8) is 0 Å². The van der Waals surface area contributed by atoms with Crippen LogP contribution in [-0.2, 0) is 14.6 Å². The summed E-state index contributed by atoms with van der Waals surface area (Å²) in [6.45, 7) is 4.63. The van der Waals surface area contributed by atoms with Gasteiger partial charge in [0.15, 0.2) is 9.84 Å². The zero-order valence-electron chi connectivity index (χ0n) is 11.3. The Kier molecular flexibility index (Phi) is 5.14. The topological polar surface area (TPSA) is 66.5 Å². The van der Waals surface area contributed by atoms with Crippen molar-refractivity contribution < 1.29 is 13.2 Å². The molecule has 0 aromatic carbocycles. The van der Waals surface area contributed by atoms with Gasteiger partial charge in [0.1, 0.15) is 0 Å². The first-order chi connectivity index (χ1) is 9.02. The van der Waals surface area contributed by atoms with Crippen LogP contribution in [0, 0.1) is 5.92 Å². The minimum atomic E-state index is -2.92. The van der Waals surface area contributed by atoms with Crippen molar-refractivity contribution in [1.82, 2.24) is 10.2 Å². The predicted octanol–water partition coefficient (Wildman–Crippen LogP) is -0.0254. The maximum Gasteiger partial charge on any atom is 0.232 e. The molecule has 110 valence electrons. The number of thioether (sulfide) groups is 1. The molecule has 1 amide bonds. The molecule has 5 nitrogen and oxygen atoms in total. The molecule has 0 spiro atoms. The summed E-state index contributed by atoms with van der Waals surface area (Å²) in [4.78, 5) is 13.9. The van der Waals surface area contributed by atoms with Gasteiger partial charge in [-0.05, 0) is 38.1 Å². The highest BCUT2D eigenvalue weighted by Gasteiger charge is 2.33. The van der Waals surface area contributed by atoms with E-state index in [-0.39, 0.29) is 23.5 Å². The minimum absolute atomic E-state index is 0.0851. The highest BCUT2D eigenvalue weighted by Crippen LogP contribution is 2.19. The second-order valence-corrected chi connectivity index (χ2v) is 8.53. The molecular formula is C12H22N2O3S2. The minimum Gasteiger partial charge on any atom is -0.338 e. The second kappa shape index (κ2) is 6.45. The molecule has 0 aliphatic carbocycles. The Morgan fingerprint density at radius 1 is 1.42 bits per heavy atom. The molecule has 19 heavy (non-hydrogen) atoms. The number of amides is 1. The van der Waals surface area contributed by atoms with E-state index in [1.165, 1.54) is 0 Å². The Balaban J connectivity index is 1.77. The second-order valence-electron chi connectivity index (χ2n) is 5.28. The molecule has 1 unspecified atom stereocenters. The fourth-order valence-corrected chi connectivity index (χ4v) is 5.28. The lowest BCUT2D eigenvalue weighted by molar-refractivity contribution is -0.129. The van der Waals surface area contributed by atoms with Crippen molar-refractivity contribution >= 4 is 27.5 Å². The van der Waals surface area contributed by atoms with Gasteiger partial charge in [0.05, 0.1) is 17.3 Å². The summed E-state index contributed by atoms with van der Waals surface area (Å²) in [7, 11) is -2.92. The smallest absolute Gasteiger partial charge is 0.232 e. The number of sulfone groups is 1. The molecule has 0 saturated carbocycles. The van der Waals surface area contributed by atoms with Crippen molar-refractivity contribution in [1.29, 1.82) is 0 Å². The number of nitrogens with zero attached hydrogens (tertiary/aromatic N) is 1. The van der Waals surface area contributed by atoms with E-state index < -0.39 is 9.84 Å². The van der Waals surface area contributed by atoms with Crippen molar-refractivity contribution in [3.8, 4) is 0 Å². The molecule has 2 heterocycles. The van der Waals surface area contributed by atoms with Crippen LogP contribution < -0.4 is 5.32 Å². The maximum atomic E-state index is 12.2. The first kappa shape index (κ1) is 15.1. The van der Waals surface area contributed by atoms with Crippen LogP contribution in [0.2, 0.25) is 0 Å². The normalized spacial score (nSPS) is 26.1. The highest BCUT2D eigenvalue weighted by molar-refractivity contribution is 7.99. The van der Waals surface area contributed by atoms with Crippen LogP contribution >= 0.6 is 11.8 Å². The number of hydrogen-bond donors (Lipinski definition) is 1. The quantitative estimate of drug-likeness (QED) is 0.747. The summed E-state index contributed by atoms with van der Waals surface area (Å²) in [6.07, 6.45) is 0.596. The molecule has 0 aromatic heterocycles. The molecule has 2 aliphatic rings. The predicted molar refractivity (Wildman–Crippen MR) is 78.1 cm³/mol. The van der Waals surface area contributed by atoms with Crippen LogP contribution in [0.15, 0.2) is 0 Å². The van der Waals surface area contributed by atoms with E-state index >= 15 is 0 Å². The molecule has 7 heteroatoms. The van der Waals surface area contributed by atoms with E-state index in [0.29, 0.717) is 24.6 Å². The van der Waals surface area contributed by atoms with Gasteiger partial charge in [-0.15, -0.1) is 0 Å². The molecule has 2 aliphatic heterocycles. The zero-order chi connectivity index (χ0) is 13.9. The number of nitrogens with one attached hydrogen (secondary N) is 1. The lowest BCUT2D eigenvalue weighted by Gasteiger charge is -2.28. The van der Waals surface area contributed by atoms with Crippen LogP contribution in [0.4, 0.5) is 0 Å². The summed E-state index contributed by atoms with van der Waals surface area (Å²) in [5.74, 6) is 2.63. The van der Waals surface area contributed by atoms with Gasteiger partial charge in [-0.2, -0.15) is 11.8 Å². The van der Waals surface area contributed by atoms with Crippen LogP contribution in [0.1, 0.15) is 13.3 Å². The van der Waals surface area contributed by atoms with Gasteiger partial charge in [-0.25, -0.2) is 8.42 Å². The van der Waals surface area contributed by atoms with Gasteiger partial charge in [0.2, 0.25) is 5.91 Å². The van der Waals surface area contributed by atoms with Crippen molar-refractivity contribution in [2.24, 2.45) is 5.92 Å². The van der Waals surface area contributed by atoms with Crippen molar-refractivity contribution in [3.05, 3.63) is 0 Å².